The molecule has 0 amide bonds. The SMILES string of the molecule is C=CCOC1(C)CCN(c2c([C@H](OC(C)(C)C)C(=O)OC)c(C)cc3nc(-c4cccc(-c5ccc(F)cc5O[C@@H](C)CC=C)c4)cn23)CC1. The van der Waals surface area contributed by atoms with Crippen LogP contribution in [0.15, 0.2) is 80.0 Å². The predicted octanol–water partition coefficient (Wildman–Crippen LogP) is 9.05. The van der Waals surface area contributed by atoms with Crippen LogP contribution in [0.4, 0.5) is 10.2 Å². The Hall–Kier alpha value is -4.47. The second-order valence-electron chi connectivity index (χ2n) is 14.3. The van der Waals surface area contributed by atoms with Crippen molar-refractivity contribution in [3.8, 4) is 28.1 Å². The number of imidazole rings is 1. The van der Waals surface area contributed by atoms with Crippen LogP contribution in [-0.4, -0.2) is 59.5 Å². The lowest BCUT2D eigenvalue weighted by Crippen LogP contribution is -2.45. The normalized spacial score (nSPS) is 15.8. The van der Waals surface area contributed by atoms with E-state index in [2.05, 4.69) is 29.4 Å². The number of halogens is 1. The first kappa shape index (κ1) is 36.8. The minimum Gasteiger partial charge on any atom is -0.490 e. The number of pyridine rings is 1. The van der Waals surface area contributed by atoms with Gasteiger partial charge in [-0.2, -0.15) is 0 Å². The summed E-state index contributed by atoms with van der Waals surface area (Å²) in [6.45, 7) is 21.4. The van der Waals surface area contributed by atoms with Gasteiger partial charge in [0, 0.05) is 48.5 Å². The van der Waals surface area contributed by atoms with E-state index in [1.165, 1.54) is 19.2 Å². The zero-order valence-electron chi connectivity index (χ0n) is 30.4. The Morgan fingerprint density at radius 1 is 1.08 bits per heavy atom. The Labute approximate surface area is 295 Å². The third kappa shape index (κ3) is 8.28. The first-order valence-electron chi connectivity index (χ1n) is 17.2. The summed E-state index contributed by atoms with van der Waals surface area (Å²) in [5.74, 6) is 0.477. The van der Waals surface area contributed by atoms with E-state index in [9.17, 15) is 9.18 Å². The van der Waals surface area contributed by atoms with E-state index in [1.807, 2.05) is 71.1 Å². The number of nitrogens with zero attached hydrogens (tertiary/aromatic N) is 3. The number of fused-ring (bicyclic) bond motifs is 1. The Morgan fingerprint density at radius 3 is 2.46 bits per heavy atom. The molecule has 2 aromatic heterocycles. The van der Waals surface area contributed by atoms with E-state index in [4.69, 9.17) is 23.9 Å². The lowest BCUT2D eigenvalue weighted by molar-refractivity contribution is -0.164. The van der Waals surface area contributed by atoms with Gasteiger partial charge in [-0.25, -0.2) is 14.2 Å². The molecule has 266 valence electrons. The van der Waals surface area contributed by atoms with Crippen molar-refractivity contribution in [3.05, 3.63) is 97.0 Å². The maximum absolute atomic E-state index is 14.4. The molecule has 1 aliphatic rings. The number of hydrogen-bond donors (Lipinski definition) is 0. The van der Waals surface area contributed by atoms with E-state index in [0.29, 0.717) is 31.9 Å². The van der Waals surface area contributed by atoms with E-state index in [0.717, 1.165) is 57.8 Å². The number of piperidine rings is 1. The fourth-order valence-corrected chi connectivity index (χ4v) is 6.49. The molecule has 0 saturated carbocycles. The summed E-state index contributed by atoms with van der Waals surface area (Å²) < 4.78 is 40.5. The summed E-state index contributed by atoms with van der Waals surface area (Å²) in [5, 5.41) is 0. The summed E-state index contributed by atoms with van der Waals surface area (Å²) in [4.78, 5) is 20.8. The number of aryl methyl sites for hydroxylation is 1. The van der Waals surface area contributed by atoms with Crippen LogP contribution in [0.3, 0.4) is 0 Å². The van der Waals surface area contributed by atoms with Crippen molar-refractivity contribution >= 4 is 17.4 Å². The quantitative estimate of drug-likeness (QED) is 0.103. The Balaban J connectivity index is 1.64. The zero-order chi connectivity index (χ0) is 36.2. The number of esters is 1. The molecule has 3 heterocycles. The molecule has 9 heteroatoms. The molecular weight excluding hydrogens is 633 g/mol. The van der Waals surface area contributed by atoms with Crippen LogP contribution in [0.2, 0.25) is 0 Å². The number of rotatable bonds is 13. The maximum Gasteiger partial charge on any atom is 0.339 e. The Kier molecular flexibility index (Phi) is 11.2. The number of aromatic nitrogens is 2. The monoisotopic (exact) mass is 683 g/mol. The van der Waals surface area contributed by atoms with Crippen LogP contribution in [-0.2, 0) is 19.0 Å². The number of benzene rings is 2. The molecule has 0 aliphatic carbocycles. The van der Waals surface area contributed by atoms with Gasteiger partial charge in [-0.3, -0.25) is 4.40 Å². The number of anilines is 1. The van der Waals surface area contributed by atoms with Gasteiger partial charge in [0.1, 0.15) is 23.0 Å². The van der Waals surface area contributed by atoms with Crippen LogP contribution in [0.5, 0.6) is 5.75 Å². The summed E-state index contributed by atoms with van der Waals surface area (Å²) >= 11 is 0. The van der Waals surface area contributed by atoms with Crippen molar-refractivity contribution in [1.29, 1.82) is 0 Å². The zero-order valence-corrected chi connectivity index (χ0v) is 30.4. The molecule has 1 fully saturated rings. The van der Waals surface area contributed by atoms with Crippen LogP contribution < -0.4 is 9.64 Å². The number of methoxy groups -OCH3 is 1. The highest BCUT2D eigenvalue weighted by Gasteiger charge is 2.37. The average Bonchev–Trinajstić information content (AvgIpc) is 3.49. The topological polar surface area (TPSA) is 74.5 Å². The number of ether oxygens (including phenoxy) is 4. The van der Waals surface area contributed by atoms with Crippen molar-refractivity contribution in [2.24, 2.45) is 0 Å². The smallest absolute Gasteiger partial charge is 0.339 e. The minimum absolute atomic E-state index is 0.164. The van der Waals surface area contributed by atoms with E-state index >= 15 is 0 Å². The molecule has 1 aliphatic heterocycles. The fraction of sp³-hybridized carbons (Fsp3) is 0.415. The van der Waals surface area contributed by atoms with Crippen LogP contribution in [0.25, 0.3) is 28.0 Å². The summed E-state index contributed by atoms with van der Waals surface area (Å²) in [5.41, 5.74) is 4.72. The molecule has 1 saturated heterocycles. The van der Waals surface area contributed by atoms with Crippen LogP contribution in [0, 0.1) is 12.7 Å². The van der Waals surface area contributed by atoms with Crippen molar-refractivity contribution < 1.29 is 28.1 Å². The largest absolute Gasteiger partial charge is 0.490 e. The predicted molar refractivity (Wildman–Crippen MR) is 197 cm³/mol. The Bertz CT molecular complexity index is 1850. The Morgan fingerprint density at radius 2 is 1.80 bits per heavy atom. The van der Waals surface area contributed by atoms with Crippen molar-refractivity contribution in [3.63, 3.8) is 0 Å². The van der Waals surface area contributed by atoms with Gasteiger partial charge in [0.2, 0.25) is 0 Å². The molecule has 8 nitrogen and oxygen atoms in total. The molecule has 0 N–H and O–H groups in total. The minimum atomic E-state index is -0.959. The number of carbonyl (C=O) groups is 1. The second-order valence-corrected chi connectivity index (χ2v) is 14.3. The van der Waals surface area contributed by atoms with Crippen molar-refractivity contribution in [1.82, 2.24) is 9.38 Å². The third-order valence-corrected chi connectivity index (χ3v) is 9.03. The van der Waals surface area contributed by atoms with E-state index in [-0.39, 0.29) is 17.5 Å². The van der Waals surface area contributed by atoms with Crippen LogP contribution >= 0.6 is 0 Å². The molecule has 0 bridgehead atoms. The van der Waals surface area contributed by atoms with Gasteiger partial charge >= 0.3 is 5.97 Å². The highest BCUT2D eigenvalue weighted by molar-refractivity contribution is 5.81. The molecule has 5 rings (SSSR count). The van der Waals surface area contributed by atoms with Gasteiger partial charge in [-0.05, 0) is 89.8 Å². The van der Waals surface area contributed by atoms with Gasteiger partial charge < -0.3 is 23.8 Å². The molecule has 0 spiro atoms. The van der Waals surface area contributed by atoms with Crippen molar-refractivity contribution in [2.45, 2.75) is 84.2 Å². The lowest BCUT2D eigenvalue weighted by atomic mass is 9.92. The molecule has 2 aromatic carbocycles. The molecular formula is C41H50FN3O5. The summed E-state index contributed by atoms with van der Waals surface area (Å²) in [7, 11) is 1.39. The number of hydrogen-bond acceptors (Lipinski definition) is 7. The van der Waals surface area contributed by atoms with Gasteiger partial charge in [0.05, 0.1) is 36.7 Å². The third-order valence-electron chi connectivity index (χ3n) is 9.03. The lowest BCUT2D eigenvalue weighted by Gasteiger charge is -2.41. The summed E-state index contributed by atoms with van der Waals surface area (Å²) in [6, 6.07) is 14.6. The average molecular weight is 684 g/mol. The van der Waals surface area contributed by atoms with Gasteiger partial charge in [-0.1, -0.05) is 30.4 Å². The van der Waals surface area contributed by atoms with Gasteiger partial charge in [0.25, 0.3) is 0 Å². The molecule has 0 radical (unpaired) electrons. The highest BCUT2D eigenvalue weighted by Crippen LogP contribution is 2.40. The van der Waals surface area contributed by atoms with E-state index < -0.39 is 17.7 Å². The molecule has 4 aromatic rings. The molecule has 50 heavy (non-hydrogen) atoms. The van der Waals surface area contributed by atoms with Crippen molar-refractivity contribution in [2.75, 3.05) is 31.7 Å². The fourth-order valence-electron chi connectivity index (χ4n) is 6.49. The molecule has 0 unspecified atom stereocenters. The van der Waals surface area contributed by atoms with Gasteiger partial charge in [0.15, 0.2) is 6.10 Å². The standard InChI is InChI=1S/C41H50FN3O5/c1-10-13-28(4)49-34-25-31(42)16-17-32(34)29-14-12-15-30(24-29)33-26-45-35(43-33)23-27(3)36(37(39(46)47-9)50-40(5,6)7)38(45)44-20-18-41(8,19-21-44)48-22-11-2/h10-12,14-17,23-26,28,37H,1-2,13,18-22H2,3-9H3/t28-,37-/m0/s1. The number of carbonyl (C=O) groups excluding carboxylic acids is 1. The second kappa shape index (κ2) is 15.2. The maximum atomic E-state index is 14.4. The highest BCUT2D eigenvalue weighted by atomic mass is 19.1. The van der Waals surface area contributed by atoms with Crippen LogP contribution in [0.1, 0.15) is 71.1 Å². The molecule has 2 atom stereocenters. The first-order chi connectivity index (χ1) is 23.8. The van der Waals surface area contributed by atoms with E-state index in [1.54, 1.807) is 18.2 Å². The first-order valence-corrected chi connectivity index (χ1v) is 17.2. The summed E-state index contributed by atoms with van der Waals surface area (Å²) in [6.07, 6.45) is 6.66. The van der Waals surface area contributed by atoms with Gasteiger partial charge in [-0.15, -0.1) is 13.2 Å².